The topological polar surface area (TPSA) is 72.9 Å². The van der Waals surface area contributed by atoms with Gasteiger partial charge in [0.1, 0.15) is 5.75 Å². The Bertz CT molecular complexity index is 606. The molecule has 0 atom stereocenters. The summed E-state index contributed by atoms with van der Waals surface area (Å²) in [4.78, 5) is 36.3. The number of ketones is 1. The maximum atomic E-state index is 11.9. The maximum Gasteiger partial charge on any atom is 0.344 e. The van der Waals surface area contributed by atoms with Gasteiger partial charge in [-0.15, -0.1) is 0 Å². The first-order valence-corrected chi connectivity index (χ1v) is 7.65. The number of esters is 1. The molecule has 0 heterocycles. The molecule has 0 bridgehead atoms. The third-order valence-corrected chi connectivity index (χ3v) is 3.17. The zero-order chi connectivity index (χ0) is 18.1. The van der Waals surface area contributed by atoms with E-state index in [0.717, 1.165) is 5.57 Å². The van der Waals surface area contributed by atoms with Gasteiger partial charge in [-0.05, 0) is 45.0 Å². The van der Waals surface area contributed by atoms with Crippen LogP contribution in [-0.4, -0.2) is 48.9 Å². The Morgan fingerprint density at radius 2 is 1.71 bits per heavy atom. The molecule has 1 aromatic carbocycles. The van der Waals surface area contributed by atoms with Gasteiger partial charge in [-0.2, -0.15) is 0 Å². The van der Waals surface area contributed by atoms with E-state index >= 15 is 0 Å². The van der Waals surface area contributed by atoms with Crippen molar-refractivity contribution >= 4 is 17.7 Å². The summed E-state index contributed by atoms with van der Waals surface area (Å²) < 4.78 is 10.2. The van der Waals surface area contributed by atoms with Crippen molar-refractivity contribution in [2.24, 2.45) is 0 Å². The molecule has 0 saturated heterocycles. The lowest BCUT2D eigenvalue weighted by Crippen LogP contribution is -2.36. The van der Waals surface area contributed by atoms with E-state index in [1.807, 2.05) is 13.8 Å². The highest BCUT2D eigenvalue weighted by atomic mass is 16.6. The van der Waals surface area contributed by atoms with Gasteiger partial charge in [0, 0.05) is 18.7 Å². The lowest BCUT2D eigenvalue weighted by atomic mass is 10.1. The molecule has 6 heteroatoms. The molecule has 0 saturated carbocycles. The zero-order valence-corrected chi connectivity index (χ0v) is 14.3. The number of carbonyl (C=O) groups is 3. The third-order valence-electron chi connectivity index (χ3n) is 3.17. The lowest BCUT2D eigenvalue weighted by molar-refractivity contribution is -0.153. The van der Waals surface area contributed by atoms with E-state index in [2.05, 4.69) is 6.58 Å². The quantitative estimate of drug-likeness (QED) is 0.394. The first-order chi connectivity index (χ1) is 11.3. The second-order valence-electron chi connectivity index (χ2n) is 5.39. The van der Waals surface area contributed by atoms with Crippen molar-refractivity contribution < 1.29 is 23.9 Å². The van der Waals surface area contributed by atoms with Crippen LogP contribution in [0.4, 0.5) is 0 Å². The van der Waals surface area contributed by atoms with E-state index in [1.54, 1.807) is 29.2 Å². The molecular weight excluding hydrogens is 310 g/mol. The standard InChI is InChI=1S/C18H23NO5/c1-5-19(10-13(2)3)17(21)11-24-18(22)12-23-16-8-6-15(7-9-16)14(4)20/h6-9H,2,5,10-12H2,1,3-4H3. The molecule has 0 aliphatic rings. The van der Waals surface area contributed by atoms with E-state index in [-0.39, 0.29) is 24.9 Å². The van der Waals surface area contributed by atoms with Crippen LogP contribution in [-0.2, 0) is 14.3 Å². The second kappa shape index (κ2) is 9.50. The van der Waals surface area contributed by atoms with E-state index < -0.39 is 5.97 Å². The number of carbonyl (C=O) groups excluding carboxylic acids is 3. The Kier molecular flexibility index (Phi) is 7.68. The van der Waals surface area contributed by atoms with Gasteiger partial charge in [-0.3, -0.25) is 9.59 Å². The van der Waals surface area contributed by atoms with Gasteiger partial charge in [-0.25, -0.2) is 4.79 Å². The van der Waals surface area contributed by atoms with E-state index in [4.69, 9.17) is 9.47 Å². The molecular formula is C18H23NO5. The summed E-state index contributed by atoms with van der Waals surface area (Å²) in [6.07, 6.45) is 0. The fourth-order valence-electron chi connectivity index (χ4n) is 1.91. The number of amides is 1. The third kappa shape index (κ3) is 6.64. The lowest BCUT2D eigenvalue weighted by Gasteiger charge is -2.20. The first-order valence-electron chi connectivity index (χ1n) is 7.65. The predicted molar refractivity (Wildman–Crippen MR) is 90.0 cm³/mol. The van der Waals surface area contributed by atoms with Crippen LogP contribution >= 0.6 is 0 Å². The summed E-state index contributed by atoms with van der Waals surface area (Å²) >= 11 is 0. The Morgan fingerprint density at radius 3 is 2.21 bits per heavy atom. The van der Waals surface area contributed by atoms with Crippen LogP contribution in [0.1, 0.15) is 31.1 Å². The second-order valence-corrected chi connectivity index (χ2v) is 5.39. The van der Waals surface area contributed by atoms with Crippen molar-refractivity contribution in [2.45, 2.75) is 20.8 Å². The number of Topliss-reactive ketones (excluding diaryl/α,β-unsaturated/α-hetero) is 1. The molecule has 0 spiro atoms. The average Bonchev–Trinajstić information content (AvgIpc) is 2.55. The van der Waals surface area contributed by atoms with E-state index in [0.29, 0.717) is 24.4 Å². The molecule has 130 valence electrons. The van der Waals surface area contributed by atoms with Crippen molar-refractivity contribution in [2.75, 3.05) is 26.3 Å². The highest BCUT2D eigenvalue weighted by Crippen LogP contribution is 2.12. The molecule has 0 radical (unpaired) electrons. The highest BCUT2D eigenvalue weighted by Gasteiger charge is 2.14. The summed E-state index contributed by atoms with van der Waals surface area (Å²) in [5.41, 5.74) is 1.42. The van der Waals surface area contributed by atoms with E-state index in [9.17, 15) is 14.4 Å². The summed E-state index contributed by atoms with van der Waals surface area (Å²) in [5.74, 6) is -0.513. The molecule has 0 N–H and O–H groups in total. The molecule has 1 aromatic rings. The summed E-state index contributed by atoms with van der Waals surface area (Å²) in [6, 6.07) is 6.42. The normalized spacial score (nSPS) is 9.96. The fourth-order valence-corrected chi connectivity index (χ4v) is 1.91. The minimum absolute atomic E-state index is 0.0466. The number of hydrogen-bond donors (Lipinski definition) is 0. The number of ether oxygens (including phenoxy) is 2. The monoisotopic (exact) mass is 333 g/mol. The van der Waals surface area contributed by atoms with Gasteiger partial charge in [0.2, 0.25) is 0 Å². The predicted octanol–water partition coefficient (Wildman–Crippen LogP) is 2.24. The van der Waals surface area contributed by atoms with E-state index in [1.165, 1.54) is 6.92 Å². The van der Waals surface area contributed by atoms with Gasteiger partial charge < -0.3 is 14.4 Å². The number of likely N-dealkylation sites (N-methyl/N-ethyl adjacent to an activating group) is 1. The minimum atomic E-state index is -0.634. The van der Waals surface area contributed by atoms with Gasteiger partial charge in [0.15, 0.2) is 19.0 Å². The molecule has 6 nitrogen and oxygen atoms in total. The van der Waals surface area contributed by atoms with Crippen molar-refractivity contribution in [3.05, 3.63) is 42.0 Å². The molecule has 0 aliphatic heterocycles. The van der Waals surface area contributed by atoms with Crippen LogP contribution in [0.25, 0.3) is 0 Å². The number of hydrogen-bond acceptors (Lipinski definition) is 5. The minimum Gasteiger partial charge on any atom is -0.482 e. The van der Waals surface area contributed by atoms with Crippen LogP contribution in [0.5, 0.6) is 5.75 Å². The van der Waals surface area contributed by atoms with Crippen LogP contribution in [0.15, 0.2) is 36.4 Å². The molecule has 0 aromatic heterocycles. The number of nitrogens with zero attached hydrogens (tertiary/aromatic N) is 1. The van der Waals surface area contributed by atoms with Crippen LogP contribution in [0, 0.1) is 0 Å². The summed E-state index contributed by atoms with van der Waals surface area (Å²) in [7, 11) is 0. The molecule has 24 heavy (non-hydrogen) atoms. The van der Waals surface area contributed by atoms with Gasteiger partial charge in [-0.1, -0.05) is 12.2 Å². The molecule has 0 aliphatic carbocycles. The highest BCUT2D eigenvalue weighted by molar-refractivity contribution is 5.94. The SMILES string of the molecule is C=C(C)CN(CC)C(=O)COC(=O)COc1ccc(C(C)=O)cc1. The first kappa shape index (κ1) is 19.4. The maximum absolute atomic E-state index is 11.9. The largest absolute Gasteiger partial charge is 0.482 e. The smallest absolute Gasteiger partial charge is 0.344 e. The Hall–Kier alpha value is -2.63. The van der Waals surface area contributed by atoms with Crippen LogP contribution in [0.2, 0.25) is 0 Å². The molecule has 0 fully saturated rings. The molecule has 0 unspecified atom stereocenters. The average molecular weight is 333 g/mol. The van der Waals surface area contributed by atoms with Crippen LogP contribution < -0.4 is 4.74 Å². The van der Waals surface area contributed by atoms with Crippen molar-refractivity contribution in [1.82, 2.24) is 4.90 Å². The number of benzene rings is 1. The Balaban J connectivity index is 2.39. The number of rotatable bonds is 9. The van der Waals surface area contributed by atoms with Gasteiger partial charge in [0.05, 0.1) is 0 Å². The zero-order valence-electron chi connectivity index (χ0n) is 14.3. The molecule has 1 amide bonds. The van der Waals surface area contributed by atoms with Crippen molar-refractivity contribution in [3.63, 3.8) is 0 Å². The van der Waals surface area contributed by atoms with Crippen LogP contribution in [0.3, 0.4) is 0 Å². The molecule has 1 rings (SSSR count). The van der Waals surface area contributed by atoms with Gasteiger partial charge >= 0.3 is 5.97 Å². The van der Waals surface area contributed by atoms with Crippen molar-refractivity contribution in [1.29, 1.82) is 0 Å². The van der Waals surface area contributed by atoms with Gasteiger partial charge in [0.25, 0.3) is 5.91 Å². The summed E-state index contributed by atoms with van der Waals surface area (Å²) in [6.45, 7) is 9.22. The summed E-state index contributed by atoms with van der Waals surface area (Å²) in [5, 5.41) is 0. The fraction of sp³-hybridized carbons (Fsp3) is 0.389. The Labute approximate surface area is 142 Å². The Morgan fingerprint density at radius 1 is 1.08 bits per heavy atom. The van der Waals surface area contributed by atoms with Crippen molar-refractivity contribution in [3.8, 4) is 5.75 Å².